The number of hydrogen-bond acceptors (Lipinski definition) is 5. The van der Waals surface area contributed by atoms with Gasteiger partial charge in [0.05, 0.1) is 29.8 Å². The van der Waals surface area contributed by atoms with Crippen molar-refractivity contribution in [1.82, 2.24) is 9.78 Å². The lowest BCUT2D eigenvalue weighted by Gasteiger charge is -2.02. The van der Waals surface area contributed by atoms with Gasteiger partial charge >= 0.3 is 5.69 Å². The molecule has 106 valence electrons. The molecular formula is C11H10F2N4O3. The third-order valence-electron chi connectivity index (χ3n) is 2.61. The number of nitro benzene ring substituents is 1. The molecule has 1 aromatic heterocycles. The van der Waals surface area contributed by atoms with E-state index in [0.29, 0.717) is 6.07 Å². The highest BCUT2D eigenvalue weighted by Crippen LogP contribution is 2.30. The van der Waals surface area contributed by atoms with Crippen molar-refractivity contribution in [2.45, 2.75) is 6.54 Å². The summed E-state index contributed by atoms with van der Waals surface area (Å²) in [6, 6.07) is 2.54. The number of aliphatic hydroxyl groups excluding tert-OH is 1. The van der Waals surface area contributed by atoms with E-state index < -0.39 is 22.2 Å². The van der Waals surface area contributed by atoms with E-state index in [1.165, 1.54) is 10.7 Å². The summed E-state index contributed by atoms with van der Waals surface area (Å²) in [5.74, 6) is -2.02. The van der Waals surface area contributed by atoms with Crippen LogP contribution in [0.2, 0.25) is 0 Å². The maximum atomic E-state index is 14.0. The summed E-state index contributed by atoms with van der Waals surface area (Å²) in [6.45, 7) is -0.165. The minimum absolute atomic E-state index is 0.0453. The fourth-order valence-corrected chi connectivity index (χ4v) is 1.73. The molecule has 0 radical (unpaired) electrons. The number of aliphatic hydroxyl groups is 1. The predicted molar refractivity (Wildman–Crippen MR) is 65.7 cm³/mol. The van der Waals surface area contributed by atoms with Gasteiger partial charge in [0.15, 0.2) is 0 Å². The number of nitrogens with zero attached hydrogens (tertiary/aromatic N) is 3. The van der Waals surface area contributed by atoms with E-state index in [1.54, 1.807) is 0 Å². The fraction of sp³-hybridized carbons (Fsp3) is 0.182. The minimum atomic E-state index is -1.19. The van der Waals surface area contributed by atoms with E-state index in [-0.39, 0.29) is 30.2 Å². The molecule has 0 aliphatic carbocycles. The monoisotopic (exact) mass is 284 g/mol. The lowest BCUT2D eigenvalue weighted by atomic mass is 10.1. The highest BCUT2D eigenvalue weighted by molar-refractivity contribution is 5.66. The van der Waals surface area contributed by atoms with Crippen LogP contribution in [0.4, 0.5) is 20.3 Å². The minimum Gasteiger partial charge on any atom is -0.394 e. The molecule has 0 fully saturated rings. The molecule has 0 aliphatic rings. The maximum absolute atomic E-state index is 14.0. The molecule has 3 N–H and O–H groups in total. The molecule has 0 bridgehead atoms. The van der Waals surface area contributed by atoms with Crippen molar-refractivity contribution in [1.29, 1.82) is 0 Å². The van der Waals surface area contributed by atoms with E-state index in [0.717, 1.165) is 6.07 Å². The van der Waals surface area contributed by atoms with Gasteiger partial charge in [-0.05, 0) is 6.07 Å². The van der Waals surface area contributed by atoms with Gasteiger partial charge in [0.2, 0.25) is 5.82 Å². The molecule has 20 heavy (non-hydrogen) atoms. The summed E-state index contributed by atoms with van der Waals surface area (Å²) in [5, 5.41) is 23.3. The van der Waals surface area contributed by atoms with E-state index >= 15 is 0 Å². The van der Waals surface area contributed by atoms with Crippen LogP contribution in [0.3, 0.4) is 0 Å². The van der Waals surface area contributed by atoms with Crippen molar-refractivity contribution in [3.05, 3.63) is 39.9 Å². The summed E-state index contributed by atoms with van der Waals surface area (Å²) >= 11 is 0. The zero-order valence-corrected chi connectivity index (χ0v) is 10.1. The molecule has 2 aromatic rings. The van der Waals surface area contributed by atoms with Gasteiger partial charge in [-0.2, -0.15) is 9.49 Å². The normalized spacial score (nSPS) is 10.8. The zero-order chi connectivity index (χ0) is 14.9. The Labute approximate surface area is 111 Å². The van der Waals surface area contributed by atoms with Crippen molar-refractivity contribution in [3.63, 3.8) is 0 Å². The molecule has 9 heteroatoms. The first-order chi connectivity index (χ1) is 9.43. The number of nitrogens with two attached hydrogens (primary N) is 1. The van der Waals surface area contributed by atoms with Gasteiger partial charge in [-0.1, -0.05) is 0 Å². The Kier molecular flexibility index (Phi) is 3.61. The van der Waals surface area contributed by atoms with Crippen LogP contribution < -0.4 is 5.73 Å². The lowest BCUT2D eigenvalue weighted by molar-refractivity contribution is -0.387. The molecule has 0 aliphatic heterocycles. The second-order valence-electron chi connectivity index (χ2n) is 3.94. The van der Waals surface area contributed by atoms with Crippen LogP contribution in [0.5, 0.6) is 0 Å². The molecule has 1 heterocycles. The number of aromatic nitrogens is 2. The largest absolute Gasteiger partial charge is 0.394 e. The average Bonchev–Trinajstić information content (AvgIpc) is 2.73. The summed E-state index contributed by atoms with van der Waals surface area (Å²) in [5.41, 5.74) is 4.21. The summed E-state index contributed by atoms with van der Waals surface area (Å²) in [6.07, 6.45) is 0. The molecule has 0 atom stereocenters. The number of halogens is 2. The number of nitrogen functional groups attached to an aromatic ring is 1. The predicted octanol–water partition coefficient (Wildman–Crippen LogP) is 1.31. The second-order valence-corrected chi connectivity index (χ2v) is 3.94. The van der Waals surface area contributed by atoms with Crippen molar-refractivity contribution in [3.8, 4) is 11.3 Å². The van der Waals surface area contributed by atoms with E-state index in [2.05, 4.69) is 5.10 Å². The standard InChI is InChI=1S/C11H10F2N4O3/c12-6-3-7(11(13)9(4-6)17(19)20)8-5-10(14)16(15-8)1-2-18/h3-5,18H,1-2,14H2. The summed E-state index contributed by atoms with van der Waals surface area (Å²) in [7, 11) is 0. The molecular weight excluding hydrogens is 274 g/mol. The Hall–Kier alpha value is -2.55. The second kappa shape index (κ2) is 5.21. The third-order valence-corrected chi connectivity index (χ3v) is 2.61. The highest BCUT2D eigenvalue weighted by Gasteiger charge is 2.23. The first kappa shape index (κ1) is 13.9. The van der Waals surface area contributed by atoms with Crippen molar-refractivity contribution in [2.75, 3.05) is 12.3 Å². The Morgan fingerprint density at radius 3 is 2.70 bits per heavy atom. The van der Waals surface area contributed by atoms with Crippen molar-refractivity contribution in [2.24, 2.45) is 0 Å². The average molecular weight is 284 g/mol. The number of anilines is 1. The molecule has 0 saturated carbocycles. The highest BCUT2D eigenvalue weighted by atomic mass is 19.1. The van der Waals surface area contributed by atoms with Crippen molar-refractivity contribution < 1.29 is 18.8 Å². The van der Waals surface area contributed by atoms with E-state index in [1.807, 2.05) is 0 Å². The smallest absolute Gasteiger partial charge is 0.308 e. The van der Waals surface area contributed by atoms with Crippen LogP contribution in [0.25, 0.3) is 11.3 Å². The Balaban J connectivity index is 2.57. The van der Waals surface area contributed by atoms with Crippen molar-refractivity contribution >= 4 is 11.5 Å². The maximum Gasteiger partial charge on any atom is 0.308 e. The Morgan fingerprint density at radius 1 is 1.40 bits per heavy atom. The van der Waals surface area contributed by atoms with Gasteiger partial charge in [-0.15, -0.1) is 0 Å². The number of rotatable bonds is 4. The van der Waals surface area contributed by atoms with Crippen LogP contribution in [-0.4, -0.2) is 26.4 Å². The lowest BCUT2D eigenvalue weighted by Crippen LogP contribution is -2.07. The number of hydrogen-bond donors (Lipinski definition) is 2. The van der Waals surface area contributed by atoms with E-state index in [9.17, 15) is 18.9 Å². The van der Waals surface area contributed by atoms with Crippen LogP contribution in [0.1, 0.15) is 0 Å². The number of benzene rings is 1. The molecule has 0 amide bonds. The first-order valence-electron chi connectivity index (χ1n) is 5.52. The van der Waals surface area contributed by atoms with Gasteiger partial charge < -0.3 is 10.8 Å². The quantitative estimate of drug-likeness (QED) is 0.650. The zero-order valence-electron chi connectivity index (χ0n) is 10.1. The van der Waals surface area contributed by atoms with Gasteiger partial charge in [-0.3, -0.25) is 10.1 Å². The summed E-state index contributed by atoms with van der Waals surface area (Å²) in [4.78, 5) is 9.63. The SMILES string of the molecule is Nc1cc(-c2cc(F)cc([N+](=O)[O-])c2F)nn1CCO. The Morgan fingerprint density at radius 2 is 2.10 bits per heavy atom. The molecule has 7 nitrogen and oxygen atoms in total. The third kappa shape index (κ3) is 2.43. The fourth-order valence-electron chi connectivity index (χ4n) is 1.73. The van der Waals surface area contributed by atoms with Crippen LogP contribution >= 0.6 is 0 Å². The molecule has 1 aromatic carbocycles. The molecule has 0 saturated heterocycles. The molecule has 2 rings (SSSR count). The number of nitro groups is 1. The first-order valence-corrected chi connectivity index (χ1v) is 5.52. The summed E-state index contributed by atoms with van der Waals surface area (Å²) < 4.78 is 28.5. The van der Waals surface area contributed by atoms with Gasteiger partial charge in [0.1, 0.15) is 11.6 Å². The van der Waals surface area contributed by atoms with Gasteiger partial charge in [0, 0.05) is 11.6 Å². The molecule has 0 spiro atoms. The topological polar surface area (TPSA) is 107 Å². The Bertz CT molecular complexity index is 672. The van der Waals surface area contributed by atoms with Gasteiger partial charge in [-0.25, -0.2) is 9.07 Å². The van der Waals surface area contributed by atoms with Gasteiger partial charge in [0.25, 0.3) is 0 Å². The van der Waals surface area contributed by atoms with Crippen LogP contribution in [0.15, 0.2) is 18.2 Å². The molecule has 0 unspecified atom stereocenters. The van der Waals surface area contributed by atoms with Crippen LogP contribution in [-0.2, 0) is 6.54 Å². The van der Waals surface area contributed by atoms with E-state index in [4.69, 9.17) is 10.8 Å². The van der Waals surface area contributed by atoms with Crippen LogP contribution in [0, 0.1) is 21.7 Å².